The van der Waals surface area contributed by atoms with Crippen LogP contribution in [0.5, 0.6) is 0 Å². The number of unbranched alkanes of at least 4 members (excludes halogenated alkanes) is 86. The second-order valence-electron chi connectivity index (χ2n) is 36.1. The van der Waals surface area contributed by atoms with Crippen LogP contribution in [0, 0.1) is 0 Å². The molecule has 0 N–H and O–H groups in total. The Bertz CT molecular complexity index is 2180. The standard InChI is InChI=1S/2C52H98O3S.Mg/c2*1-2-3-4-5-6-7-8-9-10-11-12-13-14-15-16-17-18-19-20-21-22-23-24-25-26-27-28-29-30-31-32-33-34-35-36-37-38-39-40-41-42-43-44-45-46-51-47-49-52(50-48-51)56(53,54)55;/h2*47-50H,2-46H2,1H3,(H,53,54,55);/q;;+2/p-2. The minimum atomic E-state index is -4.33. The Hall–Kier alpha value is -0.974. The minimum absolute atomic E-state index is 0. The van der Waals surface area contributed by atoms with E-state index < -0.39 is 20.2 Å². The van der Waals surface area contributed by atoms with Crippen LogP contribution in [0.25, 0.3) is 0 Å². The molecule has 0 bridgehead atoms. The van der Waals surface area contributed by atoms with Gasteiger partial charge in [-0.15, -0.1) is 0 Å². The van der Waals surface area contributed by atoms with Crippen LogP contribution in [-0.4, -0.2) is 49.0 Å². The predicted molar refractivity (Wildman–Crippen MR) is 500 cm³/mol. The van der Waals surface area contributed by atoms with Crippen LogP contribution in [0.15, 0.2) is 58.3 Å². The molecule has 2 aromatic carbocycles. The number of hydrogen-bond acceptors (Lipinski definition) is 6. The average molecular weight is 1630 g/mol. The Labute approximate surface area is 725 Å². The third kappa shape index (κ3) is 87.2. The van der Waals surface area contributed by atoms with Crippen molar-refractivity contribution < 1.29 is 25.9 Å². The van der Waals surface area contributed by atoms with E-state index in [0.717, 1.165) is 36.8 Å². The van der Waals surface area contributed by atoms with Gasteiger partial charge in [-0.1, -0.05) is 590 Å². The fourth-order valence-electron chi connectivity index (χ4n) is 17.3. The monoisotopic (exact) mass is 1630 g/mol. The van der Waals surface area contributed by atoms with Gasteiger partial charge in [-0.2, -0.15) is 0 Å². The molecule has 0 aliphatic carbocycles. The summed E-state index contributed by atoms with van der Waals surface area (Å²) in [6.07, 6.45) is 129. The summed E-state index contributed by atoms with van der Waals surface area (Å²) in [5.74, 6) is 0. The van der Waals surface area contributed by atoms with Crippen molar-refractivity contribution >= 4 is 43.3 Å². The molecule has 0 saturated carbocycles. The van der Waals surface area contributed by atoms with E-state index in [1.165, 1.54) is 576 Å². The van der Waals surface area contributed by atoms with Crippen molar-refractivity contribution in [3.63, 3.8) is 0 Å². The molecule has 0 unspecified atom stereocenters. The fourth-order valence-corrected chi connectivity index (χ4v) is 18.2. The Morgan fingerprint density at radius 3 is 0.336 bits per heavy atom. The molecule has 9 heteroatoms. The maximum absolute atomic E-state index is 11.0. The van der Waals surface area contributed by atoms with Gasteiger partial charge in [-0.05, 0) is 61.1 Å². The van der Waals surface area contributed by atoms with Crippen LogP contribution in [0.3, 0.4) is 0 Å². The molecule has 0 atom stereocenters. The Morgan fingerprint density at radius 2 is 0.248 bits per heavy atom. The van der Waals surface area contributed by atoms with Gasteiger partial charge in [-0.25, -0.2) is 16.8 Å². The number of hydrogen-bond donors (Lipinski definition) is 0. The normalized spacial score (nSPS) is 11.8. The van der Waals surface area contributed by atoms with Crippen molar-refractivity contribution in [1.29, 1.82) is 0 Å². The first kappa shape index (κ1) is 112. The third-order valence-corrected chi connectivity index (χ3v) is 26.8. The number of aryl methyl sites for hydroxylation is 2. The van der Waals surface area contributed by atoms with E-state index in [-0.39, 0.29) is 32.8 Å². The molecule has 0 amide bonds. The second-order valence-corrected chi connectivity index (χ2v) is 38.9. The third-order valence-electron chi connectivity index (χ3n) is 25.1. The fraction of sp³-hybridized carbons (Fsp3) is 0.885. The van der Waals surface area contributed by atoms with E-state index in [2.05, 4.69) is 13.8 Å². The molecule has 0 aliphatic rings. The molecule has 0 aliphatic heterocycles. The molecule has 6 nitrogen and oxygen atoms in total. The van der Waals surface area contributed by atoms with E-state index >= 15 is 0 Å². The molecule has 0 heterocycles. The Morgan fingerprint density at radius 1 is 0.159 bits per heavy atom. The average Bonchev–Trinajstić information content (AvgIpc) is 0.868. The van der Waals surface area contributed by atoms with Crippen LogP contribution in [0.1, 0.15) is 590 Å². The minimum Gasteiger partial charge on any atom is -0.744 e. The first-order valence-corrected chi connectivity index (χ1v) is 54.0. The first-order chi connectivity index (χ1) is 55.1. The molecular formula is C104H194MgO6S2. The van der Waals surface area contributed by atoms with Gasteiger partial charge < -0.3 is 9.11 Å². The summed E-state index contributed by atoms with van der Waals surface area (Å²) in [4.78, 5) is -0.262. The van der Waals surface area contributed by atoms with Crippen LogP contribution in [0.4, 0.5) is 0 Å². The summed E-state index contributed by atoms with van der Waals surface area (Å²) in [5, 5.41) is 0. The Kier molecular flexibility index (Phi) is 91.0. The molecule has 113 heavy (non-hydrogen) atoms. The van der Waals surface area contributed by atoms with Crippen LogP contribution in [-0.2, 0) is 33.1 Å². The quantitative estimate of drug-likeness (QED) is 0.0370. The van der Waals surface area contributed by atoms with Gasteiger partial charge in [0.25, 0.3) is 0 Å². The topological polar surface area (TPSA) is 114 Å². The SMILES string of the molecule is CCCCCCCCCCCCCCCCCCCCCCCCCCCCCCCCCCCCCCCCCCCCCCc1ccc(S(=O)(=O)[O-])cc1.CCCCCCCCCCCCCCCCCCCCCCCCCCCCCCCCCCCCCCCCCCCCCCc1ccc(S(=O)(=O)[O-])cc1.[Mg+2]. The Balaban J connectivity index is 0.00000220. The molecular weight excluding hydrogens is 1430 g/mol. The van der Waals surface area contributed by atoms with E-state index in [1.54, 1.807) is 24.3 Å². The zero-order chi connectivity index (χ0) is 80.6. The van der Waals surface area contributed by atoms with E-state index in [4.69, 9.17) is 0 Å². The first-order valence-electron chi connectivity index (χ1n) is 51.2. The second kappa shape index (κ2) is 91.8. The van der Waals surface area contributed by atoms with Crippen LogP contribution >= 0.6 is 0 Å². The number of benzene rings is 2. The van der Waals surface area contributed by atoms with E-state index in [9.17, 15) is 25.9 Å². The molecule has 660 valence electrons. The van der Waals surface area contributed by atoms with Crippen molar-refractivity contribution in [3.8, 4) is 0 Å². The molecule has 2 aromatic rings. The van der Waals surface area contributed by atoms with Gasteiger partial charge in [0.2, 0.25) is 0 Å². The smallest absolute Gasteiger partial charge is 0.744 e. The van der Waals surface area contributed by atoms with Crippen LogP contribution in [0.2, 0.25) is 0 Å². The summed E-state index contributed by atoms with van der Waals surface area (Å²) >= 11 is 0. The molecule has 0 aromatic heterocycles. The van der Waals surface area contributed by atoms with Crippen molar-refractivity contribution in [1.82, 2.24) is 0 Å². The zero-order valence-corrected chi connectivity index (χ0v) is 79.3. The molecule has 0 spiro atoms. The van der Waals surface area contributed by atoms with Gasteiger partial charge in [0.15, 0.2) is 0 Å². The predicted octanol–water partition coefficient (Wildman–Crippen LogP) is 36.3. The maximum Gasteiger partial charge on any atom is 2.00 e. The summed E-state index contributed by atoms with van der Waals surface area (Å²) in [6.45, 7) is 4.61. The van der Waals surface area contributed by atoms with Crippen LogP contribution < -0.4 is 0 Å². The molecule has 2 rings (SSSR count). The van der Waals surface area contributed by atoms with Gasteiger partial charge >= 0.3 is 23.1 Å². The van der Waals surface area contributed by atoms with Gasteiger partial charge in [0.1, 0.15) is 20.2 Å². The van der Waals surface area contributed by atoms with Crippen molar-refractivity contribution in [2.75, 3.05) is 0 Å². The van der Waals surface area contributed by atoms with Gasteiger partial charge in [0.05, 0.1) is 9.79 Å². The largest absolute Gasteiger partial charge is 2.00 e. The van der Waals surface area contributed by atoms with E-state index in [0.29, 0.717) is 0 Å². The molecule has 0 fully saturated rings. The molecule has 0 radical (unpaired) electrons. The molecule has 0 saturated heterocycles. The van der Waals surface area contributed by atoms with Crippen molar-refractivity contribution in [2.45, 2.75) is 602 Å². The summed E-state index contributed by atoms with van der Waals surface area (Å²) in [5.41, 5.74) is 2.23. The summed E-state index contributed by atoms with van der Waals surface area (Å²) in [7, 11) is -8.67. The van der Waals surface area contributed by atoms with Gasteiger partial charge in [0, 0.05) is 0 Å². The van der Waals surface area contributed by atoms with Crippen molar-refractivity contribution in [2.24, 2.45) is 0 Å². The van der Waals surface area contributed by atoms with Crippen molar-refractivity contribution in [3.05, 3.63) is 59.7 Å². The number of rotatable bonds is 92. The van der Waals surface area contributed by atoms with E-state index in [1.807, 2.05) is 0 Å². The van der Waals surface area contributed by atoms with Gasteiger partial charge in [-0.3, -0.25) is 0 Å². The summed E-state index contributed by atoms with van der Waals surface area (Å²) in [6, 6.07) is 12.8. The zero-order valence-electron chi connectivity index (χ0n) is 76.2. The summed E-state index contributed by atoms with van der Waals surface area (Å²) < 4.78 is 66.2. The maximum atomic E-state index is 11.0.